The summed E-state index contributed by atoms with van der Waals surface area (Å²) in [6.07, 6.45) is 0. The van der Waals surface area contributed by atoms with E-state index in [-0.39, 0.29) is 22.4 Å². The summed E-state index contributed by atoms with van der Waals surface area (Å²) in [7, 11) is 0. The Labute approximate surface area is 130 Å². The zero-order chi connectivity index (χ0) is 15.9. The molecule has 0 atom stereocenters. The first-order valence-corrected chi connectivity index (χ1v) is 4.57. The van der Waals surface area contributed by atoms with E-state index in [0.717, 1.165) is 0 Å². The topological polar surface area (TPSA) is 79.6 Å². The van der Waals surface area contributed by atoms with E-state index < -0.39 is 0 Å². The van der Waals surface area contributed by atoms with Crippen molar-refractivity contribution in [2.45, 2.75) is 34.6 Å². The fourth-order valence-electron chi connectivity index (χ4n) is 1.41. The molecular formula is C14H15O4Ta. The molecule has 0 aromatic rings. The standard InChI is InChI=1S/C10H15.4CO.Ta/c1-6-7(2)9(4)10(5)8(6)3;4*1-2;/h1-5H3;;;;;. The first-order chi connectivity index (χ1) is 8.55. The van der Waals surface area contributed by atoms with Crippen molar-refractivity contribution < 1.29 is 41.0 Å². The van der Waals surface area contributed by atoms with Crippen LogP contribution in [0.25, 0.3) is 0 Å². The molecule has 19 heavy (non-hydrogen) atoms. The molecule has 0 fully saturated rings. The third kappa shape index (κ3) is 10.8. The van der Waals surface area contributed by atoms with Gasteiger partial charge in [-0.15, -0.1) is 0 Å². The maximum absolute atomic E-state index is 7.50. The van der Waals surface area contributed by atoms with E-state index in [0.29, 0.717) is 0 Å². The maximum atomic E-state index is 7.50. The first kappa shape index (κ1) is 30.9. The zero-order valence-electron chi connectivity index (χ0n) is 11.6. The SMILES string of the molecule is C[C]1C(C)=C(C)C(C)=C1C.[C-]#[O+].[C-]#[O+].[C-]#[O+].[C-]#[O+].[Ta]. The van der Waals surface area contributed by atoms with Gasteiger partial charge in [0, 0.05) is 28.3 Å². The predicted molar refractivity (Wildman–Crippen MR) is 61.4 cm³/mol. The van der Waals surface area contributed by atoms with Crippen LogP contribution in [0.5, 0.6) is 0 Å². The van der Waals surface area contributed by atoms with Crippen molar-refractivity contribution in [2.75, 3.05) is 0 Å². The molecule has 1 aliphatic carbocycles. The van der Waals surface area contributed by atoms with Crippen molar-refractivity contribution >= 4 is 0 Å². The van der Waals surface area contributed by atoms with Crippen molar-refractivity contribution in [1.29, 1.82) is 0 Å². The van der Waals surface area contributed by atoms with Crippen molar-refractivity contribution in [3.8, 4) is 0 Å². The van der Waals surface area contributed by atoms with Crippen molar-refractivity contribution in [3.63, 3.8) is 0 Å². The Balaban J connectivity index is -0.0000000628. The molecule has 0 aromatic heterocycles. The van der Waals surface area contributed by atoms with Gasteiger partial charge in [-0.25, -0.2) is 0 Å². The van der Waals surface area contributed by atoms with Crippen LogP contribution in [0.3, 0.4) is 0 Å². The monoisotopic (exact) mass is 428 g/mol. The normalized spacial score (nSPS) is 11.6. The van der Waals surface area contributed by atoms with E-state index in [1.165, 1.54) is 28.2 Å². The molecule has 0 saturated heterocycles. The summed E-state index contributed by atoms with van der Waals surface area (Å²) in [4.78, 5) is 0. The smallest absolute Gasteiger partial charge is 0 e. The molecular weight excluding hydrogens is 413 g/mol. The fraction of sp³-hybridized carbons (Fsp3) is 0.357. The second kappa shape index (κ2) is 22.4. The van der Waals surface area contributed by atoms with Gasteiger partial charge in [-0.05, 0) is 38.8 Å². The van der Waals surface area contributed by atoms with Crippen LogP contribution in [-0.2, 0) is 41.0 Å². The summed E-state index contributed by atoms with van der Waals surface area (Å²) in [5.41, 5.74) is 5.87. The summed E-state index contributed by atoms with van der Waals surface area (Å²) in [5.74, 6) is 1.47. The molecule has 100 valence electrons. The van der Waals surface area contributed by atoms with Gasteiger partial charge in [0.1, 0.15) is 0 Å². The van der Waals surface area contributed by atoms with Gasteiger partial charge in [0.15, 0.2) is 0 Å². The van der Waals surface area contributed by atoms with E-state index >= 15 is 0 Å². The maximum Gasteiger partial charge on any atom is 0 e. The van der Waals surface area contributed by atoms with Crippen LogP contribution in [0, 0.1) is 32.5 Å². The number of hydrogen-bond donors (Lipinski definition) is 0. The van der Waals surface area contributed by atoms with Gasteiger partial charge in [0.2, 0.25) is 0 Å². The molecule has 0 aliphatic heterocycles. The van der Waals surface area contributed by atoms with Crippen molar-refractivity contribution in [3.05, 3.63) is 54.8 Å². The summed E-state index contributed by atoms with van der Waals surface area (Å²) >= 11 is 0. The van der Waals surface area contributed by atoms with Gasteiger partial charge >= 0.3 is 45.2 Å². The molecule has 0 saturated carbocycles. The summed E-state index contributed by atoms with van der Waals surface area (Å²) in [5, 5.41) is 0. The zero-order valence-corrected chi connectivity index (χ0v) is 14.8. The third-order valence-electron chi connectivity index (χ3n) is 2.81. The number of hydrogen-bond acceptors (Lipinski definition) is 0. The molecule has 5 heteroatoms. The Morgan fingerprint density at radius 1 is 0.474 bits per heavy atom. The Hall–Kier alpha value is -0.820. The van der Waals surface area contributed by atoms with Gasteiger partial charge in [0.25, 0.3) is 0 Å². The van der Waals surface area contributed by atoms with Gasteiger partial charge in [-0.3, -0.25) is 0 Å². The molecule has 0 N–H and O–H groups in total. The first-order valence-electron chi connectivity index (χ1n) is 4.57. The Morgan fingerprint density at radius 3 is 0.684 bits per heavy atom. The fourth-order valence-corrected chi connectivity index (χ4v) is 1.41. The Bertz CT molecular complexity index is 322. The summed E-state index contributed by atoms with van der Waals surface area (Å²) in [6, 6.07) is 0. The van der Waals surface area contributed by atoms with Gasteiger partial charge < -0.3 is 0 Å². The third-order valence-corrected chi connectivity index (χ3v) is 2.81. The van der Waals surface area contributed by atoms with Crippen LogP contribution < -0.4 is 0 Å². The minimum Gasteiger partial charge on any atom is 0 e. The van der Waals surface area contributed by atoms with Crippen LogP contribution in [-0.4, -0.2) is 0 Å². The van der Waals surface area contributed by atoms with E-state index in [9.17, 15) is 0 Å². The average molecular weight is 428 g/mol. The molecule has 4 nitrogen and oxygen atoms in total. The van der Waals surface area contributed by atoms with E-state index in [2.05, 4.69) is 61.2 Å². The Kier molecular flexibility index (Phi) is 36.4. The number of allylic oxidation sites excluding steroid dienone is 4. The van der Waals surface area contributed by atoms with Gasteiger partial charge in [-0.1, -0.05) is 18.1 Å². The molecule has 2 radical (unpaired) electrons. The molecule has 0 aromatic carbocycles. The van der Waals surface area contributed by atoms with E-state index in [1.54, 1.807) is 0 Å². The second-order valence-electron chi connectivity index (χ2n) is 3.12. The molecule has 0 bridgehead atoms. The molecule has 1 aliphatic rings. The molecule has 0 unspecified atom stereocenters. The van der Waals surface area contributed by atoms with Crippen LogP contribution in [0.4, 0.5) is 0 Å². The second-order valence-corrected chi connectivity index (χ2v) is 3.12. The van der Waals surface area contributed by atoms with Crippen LogP contribution >= 0.6 is 0 Å². The van der Waals surface area contributed by atoms with Crippen molar-refractivity contribution in [2.24, 2.45) is 0 Å². The molecule has 0 amide bonds. The number of rotatable bonds is 0. The molecule has 1 rings (SSSR count). The largest absolute Gasteiger partial charge is 0 e. The minimum absolute atomic E-state index is 0. The van der Waals surface area contributed by atoms with Crippen LogP contribution in [0.1, 0.15) is 34.6 Å². The summed E-state index contributed by atoms with van der Waals surface area (Å²) < 4.78 is 30.0. The average Bonchev–Trinajstić information content (AvgIpc) is 2.65. The quantitative estimate of drug-likeness (QED) is 0.420. The van der Waals surface area contributed by atoms with Gasteiger partial charge in [-0.2, -0.15) is 0 Å². The Morgan fingerprint density at radius 2 is 0.632 bits per heavy atom. The van der Waals surface area contributed by atoms with E-state index in [4.69, 9.17) is 18.6 Å². The van der Waals surface area contributed by atoms with Crippen LogP contribution in [0.15, 0.2) is 22.3 Å². The molecule has 0 spiro atoms. The van der Waals surface area contributed by atoms with E-state index in [1.807, 2.05) is 0 Å². The minimum atomic E-state index is 0. The predicted octanol–water partition coefficient (Wildman–Crippen LogP) is 3.11. The van der Waals surface area contributed by atoms with Crippen molar-refractivity contribution in [1.82, 2.24) is 0 Å². The molecule has 0 heterocycles. The van der Waals surface area contributed by atoms with Gasteiger partial charge in [0.05, 0.1) is 0 Å². The summed E-state index contributed by atoms with van der Waals surface area (Å²) in [6.45, 7) is 29.0. The van der Waals surface area contributed by atoms with Crippen LogP contribution in [0.2, 0.25) is 0 Å².